The number of hydrogen-bond acceptors (Lipinski definition) is 4. The molecule has 6 nitrogen and oxygen atoms in total. The van der Waals surface area contributed by atoms with Crippen molar-refractivity contribution < 1.29 is 17.9 Å². The van der Waals surface area contributed by atoms with Crippen LogP contribution in [0.15, 0.2) is 42.5 Å². The first-order valence-corrected chi connectivity index (χ1v) is 11.9. The van der Waals surface area contributed by atoms with E-state index in [1.54, 1.807) is 0 Å². The fraction of sp³-hybridized carbons (Fsp3) is 0.435. The van der Waals surface area contributed by atoms with E-state index < -0.39 is 10.0 Å². The zero-order valence-corrected chi connectivity index (χ0v) is 19.3. The van der Waals surface area contributed by atoms with Gasteiger partial charge in [-0.2, -0.15) is 0 Å². The minimum atomic E-state index is -3.44. The Bertz CT molecular complexity index is 956. The van der Waals surface area contributed by atoms with Gasteiger partial charge in [0, 0.05) is 13.0 Å². The van der Waals surface area contributed by atoms with Gasteiger partial charge in [-0.15, -0.1) is 0 Å². The zero-order chi connectivity index (χ0) is 22.3. The second-order valence-electron chi connectivity index (χ2n) is 7.82. The van der Waals surface area contributed by atoms with E-state index in [-0.39, 0.29) is 24.9 Å². The number of nitrogens with zero attached hydrogens (tertiary/aromatic N) is 1. The largest absolute Gasteiger partial charge is 0.491 e. The van der Waals surface area contributed by atoms with Gasteiger partial charge in [-0.05, 0) is 63.4 Å². The van der Waals surface area contributed by atoms with Gasteiger partial charge in [0.25, 0.3) is 0 Å². The highest BCUT2D eigenvalue weighted by Crippen LogP contribution is 2.24. The van der Waals surface area contributed by atoms with Gasteiger partial charge >= 0.3 is 0 Å². The van der Waals surface area contributed by atoms with Crippen LogP contribution in [0.1, 0.15) is 36.5 Å². The van der Waals surface area contributed by atoms with Gasteiger partial charge in [-0.1, -0.05) is 29.8 Å². The van der Waals surface area contributed by atoms with Gasteiger partial charge in [0.1, 0.15) is 12.4 Å². The lowest BCUT2D eigenvalue weighted by Crippen LogP contribution is -2.37. The van der Waals surface area contributed by atoms with Crippen molar-refractivity contribution in [3.05, 3.63) is 59.2 Å². The van der Waals surface area contributed by atoms with Crippen molar-refractivity contribution in [3.63, 3.8) is 0 Å². The quantitative estimate of drug-likeness (QED) is 0.621. The second kappa shape index (κ2) is 10.5. The number of carbonyl (C=O) groups is 1. The van der Waals surface area contributed by atoms with E-state index in [9.17, 15) is 13.2 Å². The van der Waals surface area contributed by atoms with Crippen LogP contribution in [-0.2, 0) is 14.8 Å². The molecular formula is C23H32N2O4S. The highest BCUT2D eigenvalue weighted by molar-refractivity contribution is 7.92. The van der Waals surface area contributed by atoms with Crippen molar-refractivity contribution >= 4 is 21.6 Å². The summed E-state index contributed by atoms with van der Waals surface area (Å²) in [4.78, 5) is 12.3. The molecule has 30 heavy (non-hydrogen) atoms. The summed E-state index contributed by atoms with van der Waals surface area (Å²) in [5, 5.41) is 2.90. The van der Waals surface area contributed by atoms with Gasteiger partial charge < -0.3 is 10.1 Å². The predicted octanol–water partition coefficient (Wildman–Crippen LogP) is 3.74. The average Bonchev–Trinajstić information content (AvgIpc) is 2.66. The molecule has 0 aliphatic rings. The molecule has 0 saturated carbocycles. The van der Waals surface area contributed by atoms with E-state index in [2.05, 4.69) is 5.32 Å². The van der Waals surface area contributed by atoms with Gasteiger partial charge in [0.05, 0.1) is 18.0 Å². The number of hydrogen-bond donors (Lipinski definition) is 1. The Balaban J connectivity index is 1.85. The number of sulfonamides is 1. The molecule has 0 aliphatic carbocycles. The molecule has 2 rings (SSSR count). The maximum absolute atomic E-state index is 12.3. The molecule has 2 aromatic carbocycles. The maximum Gasteiger partial charge on any atom is 0.232 e. The van der Waals surface area contributed by atoms with E-state index in [0.29, 0.717) is 18.7 Å². The van der Waals surface area contributed by atoms with Crippen molar-refractivity contribution in [1.82, 2.24) is 5.32 Å². The highest BCUT2D eigenvalue weighted by atomic mass is 32.2. The lowest BCUT2D eigenvalue weighted by Gasteiger charge is -2.24. The number of benzene rings is 2. The van der Waals surface area contributed by atoms with Crippen LogP contribution in [0.3, 0.4) is 0 Å². The molecule has 0 radical (unpaired) electrons. The molecule has 7 heteroatoms. The van der Waals surface area contributed by atoms with Crippen molar-refractivity contribution in [1.29, 1.82) is 0 Å². The molecule has 0 saturated heterocycles. The Kier molecular flexibility index (Phi) is 8.29. The molecule has 0 heterocycles. The first-order chi connectivity index (χ1) is 14.1. The molecule has 1 atom stereocenters. The summed E-state index contributed by atoms with van der Waals surface area (Å²) < 4.78 is 31.7. The monoisotopic (exact) mass is 432 g/mol. The standard InChI is InChI=1S/C23H32N2O4S/c1-17-9-12-21(13-10-17)29-16-20(4)24-23(26)7-6-14-25(30(5,27)28)22-15-18(2)8-11-19(22)3/h8-13,15,20H,6-7,14,16H2,1-5H3,(H,24,26)/t20-/m1/s1. The molecule has 0 fully saturated rings. The number of ether oxygens (including phenoxy) is 1. The summed E-state index contributed by atoms with van der Waals surface area (Å²) in [5.41, 5.74) is 3.70. The van der Waals surface area contributed by atoms with E-state index in [1.807, 2.05) is 70.2 Å². The number of aryl methyl sites for hydroxylation is 3. The molecule has 0 aromatic heterocycles. The van der Waals surface area contributed by atoms with E-state index in [4.69, 9.17) is 4.74 Å². The fourth-order valence-corrected chi connectivity index (χ4v) is 4.10. The third-order valence-electron chi connectivity index (χ3n) is 4.73. The average molecular weight is 433 g/mol. The lowest BCUT2D eigenvalue weighted by molar-refractivity contribution is -0.121. The first kappa shape index (κ1) is 23.7. The normalized spacial score (nSPS) is 12.3. The summed E-state index contributed by atoms with van der Waals surface area (Å²) in [6.07, 6.45) is 1.86. The second-order valence-corrected chi connectivity index (χ2v) is 9.73. The molecule has 1 amide bonds. The fourth-order valence-electron chi connectivity index (χ4n) is 3.08. The smallest absolute Gasteiger partial charge is 0.232 e. The molecular weight excluding hydrogens is 400 g/mol. The molecule has 0 aliphatic heterocycles. The van der Waals surface area contributed by atoms with E-state index >= 15 is 0 Å². The van der Waals surface area contributed by atoms with Crippen LogP contribution in [0.5, 0.6) is 5.75 Å². The summed E-state index contributed by atoms with van der Waals surface area (Å²) in [7, 11) is -3.44. The van der Waals surface area contributed by atoms with Crippen molar-refractivity contribution in [3.8, 4) is 5.75 Å². The number of carbonyl (C=O) groups excluding carboxylic acids is 1. The van der Waals surface area contributed by atoms with Gasteiger partial charge in [0.15, 0.2) is 0 Å². The number of nitrogens with one attached hydrogen (secondary N) is 1. The highest BCUT2D eigenvalue weighted by Gasteiger charge is 2.19. The van der Waals surface area contributed by atoms with Gasteiger partial charge in [-0.3, -0.25) is 9.10 Å². The topological polar surface area (TPSA) is 75.7 Å². The molecule has 164 valence electrons. The summed E-state index contributed by atoms with van der Waals surface area (Å²) >= 11 is 0. The molecule has 0 spiro atoms. The van der Waals surface area contributed by atoms with Crippen LogP contribution < -0.4 is 14.4 Å². The van der Waals surface area contributed by atoms with Crippen molar-refractivity contribution in [2.75, 3.05) is 23.7 Å². The van der Waals surface area contributed by atoms with Crippen LogP contribution >= 0.6 is 0 Å². The Morgan fingerprint density at radius 3 is 2.33 bits per heavy atom. The number of rotatable bonds is 10. The summed E-state index contributed by atoms with van der Waals surface area (Å²) in [6.45, 7) is 8.33. The molecule has 0 bridgehead atoms. The molecule has 0 unspecified atom stereocenters. The van der Waals surface area contributed by atoms with Crippen molar-refractivity contribution in [2.45, 2.75) is 46.6 Å². The minimum absolute atomic E-state index is 0.121. The van der Waals surface area contributed by atoms with Crippen LogP contribution in [0.25, 0.3) is 0 Å². The summed E-state index contributed by atoms with van der Waals surface area (Å²) in [6, 6.07) is 13.3. The SMILES string of the molecule is Cc1ccc(OC[C@@H](C)NC(=O)CCCN(c2cc(C)ccc2C)S(C)(=O)=O)cc1. The van der Waals surface area contributed by atoms with Crippen LogP contribution in [0.4, 0.5) is 5.69 Å². The molecule has 2 aromatic rings. The number of anilines is 1. The van der Waals surface area contributed by atoms with Crippen LogP contribution in [0, 0.1) is 20.8 Å². The third-order valence-corrected chi connectivity index (χ3v) is 5.91. The zero-order valence-electron chi connectivity index (χ0n) is 18.4. The van der Waals surface area contributed by atoms with Crippen molar-refractivity contribution in [2.24, 2.45) is 0 Å². The lowest BCUT2D eigenvalue weighted by atomic mass is 10.1. The predicted molar refractivity (Wildman–Crippen MR) is 122 cm³/mol. The first-order valence-electron chi connectivity index (χ1n) is 10.1. The molecule has 1 N–H and O–H groups in total. The Labute approximate surface area is 180 Å². The van der Waals surface area contributed by atoms with Crippen LogP contribution in [-0.4, -0.2) is 39.8 Å². The Morgan fingerprint density at radius 2 is 1.70 bits per heavy atom. The van der Waals surface area contributed by atoms with E-state index in [0.717, 1.165) is 22.4 Å². The summed E-state index contributed by atoms with van der Waals surface area (Å²) in [5.74, 6) is 0.642. The number of amides is 1. The Hall–Kier alpha value is -2.54. The minimum Gasteiger partial charge on any atom is -0.491 e. The van der Waals surface area contributed by atoms with Crippen LogP contribution in [0.2, 0.25) is 0 Å². The Morgan fingerprint density at radius 1 is 1.07 bits per heavy atom. The van der Waals surface area contributed by atoms with Gasteiger partial charge in [-0.25, -0.2) is 8.42 Å². The van der Waals surface area contributed by atoms with E-state index in [1.165, 1.54) is 10.6 Å². The van der Waals surface area contributed by atoms with Gasteiger partial charge in [0.2, 0.25) is 15.9 Å². The third kappa shape index (κ3) is 7.37. The maximum atomic E-state index is 12.3.